The maximum absolute atomic E-state index is 12.6. The Morgan fingerprint density at radius 2 is 1.17 bits per heavy atom. The van der Waals surface area contributed by atoms with E-state index < -0.39 is 49.5 Å². The van der Waals surface area contributed by atoms with E-state index >= 15 is 0 Å². The second-order valence-electron chi connectivity index (χ2n) is 3.78. The molecule has 0 spiro atoms. The molecule has 0 rings (SSSR count). The molecule has 0 bridgehead atoms. The summed E-state index contributed by atoms with van der Waals surface area (Å²) in [5, 5.41) is 0. The number of carbonyl (C=O) groups is 1. The smallest absolute Gasteiger partial charge is 0.428 e. The van der Waals surface area contributed by atoms with Crippen LogP contribution in [0.4, 0.5) is 57.5 Å². The van der Waals surface area contributed by atoms with Crippen molar-refractivity contribution in [2.45, 2.75) is 36.7 Å². The van der Waals surface area contributed by atoms with Crippen molar-refractivity contribution in [2.75, 3.05) is 6.61 Å². The molecule has 0 unspecified atom stereocenters. The number of alkyl halides is 12. The maximum Gasteiger partial charge on any atom is 0.509 e. The highest BCUT2D eigenvalue weighted by Crippen LogP contribution is 2.37. The van der Waals surface area contributed by atoms with Crippen LogP contribution in [0, 0.1) is 0 Å². The first-order chi connectivity index (χ1) is 9.89. The second kappa shape index (κ2) is 6.51. The van der Waals surface area contributed by atoms with Gasteiger partial charge >= 0.3 is 30.6 Å². The van der Waals surface area contributed by atoms with Gasteiger partial charge in [0, 0.05) is 0 Å². The summed E-state index contributed by atoms with van der Waals surface area (Å²) < 4.78 is 150. The third kappa shape index (κ3) is 6.60. The molecule has 0 aromatic heterocycles. The molecule has 23 heavy (non-hydrogen) atoms. The molecule has 0 heterocycles. The number of carbonyl (C=O) groups excluding carboxylic acids is 1. The van der Waals surface area contributed by atoms with E-state index in [1.165, 1.54) is 0 Å². The van der Waals surface area contributed by atoms with Gasteiger partial charge in [0.25, 0.3) is 12.3 Å². The molecule has 0 N–H and O–H groups in total. The van der Waals surface area contributed by atoms with Crippen LogP contribution >= 0.6 is 0 Å². The Hall–Kier alpha value is -1.57. The Morgan fingerprint density at radius 1 is 0.783 bits per heavy atom. The van der Waals surface area contributed by atoms with Crippen LogP contribution in [0.1, 0.15) is 0 Å². The van der Waals surface area contributed by atoms with E-state index in [4.69, 9.17) is 0 Å². The van der Waals surface area contributed by atoms with Gasteiger partial charge in [-0.2, -0.15) is 48.3 Å². The van der Waals surface area contributed by atoms with E-state index in [0.717, 1.165) is 0 Å². The molecule has 0 aliphatic rings. The highest BCUT2D eigenvalue weighted by molar-refractivity contribution is 5.60. The third-order valence-corrected chi connectivity index (χ3v) is 1.85. The molecule has 0 aliphatic heterocycles. The van der Waals surface area contributed by atoms with E-state index in [-0.39, 0.29) is 0 Å². The summed E-state index contributed by atoms with van der Waals surface area (Å²) in [6, 6.07) is 0. The maximum atomic E-state index is 12.6. The Balaban J connectivity index is 4.85. The van der Waals surface area contributed by atoms with Gasteiger partial charge in [-0.15, -0.1) is 0 Å². The number of ether oxygens (including phenoxy) is 2. The minimum Gasteiger partial charge on any atom is -0.428 e. The molecule has 0 amide bonds. The Labute approximate surface area is 118 Å². The SMILES string of the molecule is O=C(OCC(F)(F)[C@H](F)C(F)(F)F)OC(C(F)(F)F)C(F)(F)F. The number of halogens is 12. The van der Waals surface area contributed by atoms with Crippen LogP contribution in [0.3, 0.4) is 0 Å². The van der Waals surface area contributed by atoms with Gasteiger partial charge in [0.15, 0.2) is 6.61 Å². The van der Waals surface area contributed by atoms with Crippen molar-refractivity contribution >= 4 is 6.16 Å². The Morgan fingerprint density at radius 3 is 1.48 bits per heavy atom. The first-order valence-electron chi connectivity index (χ1n) is 4.94. The zero-order valence-corrected chi connectivity index (χ0v) is 10.1. The average molecular weight is 376 g/mol. The van der Waals surface area contributed by atoms with E-state index in [0.29, 0.717) is 0 Å². The van der Waals surface area contributed by atoms with Crippen molar-refractivity contribution in [3.63, 3.8) is 0 Å². The second-order valence-corrected chi connectivity index (χ2v) is 3.78. The van der Waals surface area contributed by atoms with Crippen LogP contribution in [-0.4, -0.2) is 49.5 Å². The van der Waals surface area contributed by atoms with Crippen LogP contribution in [-0.2, 0) is 9.47 Å². The summed E-state index contributed by atoms with van der Waals surface area (Å²) in [4.78, 5) is 10.5. The lowest BCUT2D eigenvalue weighted by molar-refractivity contribution is -0.311. The number of hydrogen-bond donors (Lipinski definition) is 0. The number of hydrogen-bond acceptors (Lipinski definition) is 3. The largest absolute Gasteiger partial charge is 0.509 e. The molecular weight excluding hydrogens is 372 g/mol. The lowest BCUT2D eigenvalue weighted by Crippen LogP contribution is -2.47. The highest BCUT2D eigenvalue weighted by atomic mass is 19.4. The van der Waals surface area contributed by atoms with E-state index in [1.807, 2.05) is 0 Å². The summed E-state index contributed by atoms with van der Waals surface area (Å²) in [7, 11) is 0. The number of rotatable bonds is 4. The van der Waals surface area contributed by atoms with Crippen LogP contribution in [0.5, 0.6) is 0 Å². The lowest BCUT2D eigenvalue weighted by Gasteiger charge is -2.24. The highest BCUT2D eigenvalue weighted by Gasteiger charge is 2.61. The monoisotopic (exact) mass is 376 g/mol. The standard InChI is InChI=1S/C8H4F12O3/c9-2(6(12,13)14)5(10,11)1-22-4(21)23-3(7(15,16)17)8(18,19)20/h2-3H,1H2/t2-/m0/s1. The lowest BCUT2D eigenvalue weighted by atomic mass is 10.2. The van der Waals surface area contributed by atoms with E-state index in [2.05, 4.69) is 9.47 Å². The molecule has 0 aliphatic carbocycles. The summed E-state index contributed by atoms with van der Waals surface area (Å²) in [5.74, 6) is -5.46. The zero-order valence-electron chi connectivity index (χ0n) is 10.1. The molecule has 0 saturated carbocycles. The molecule has 138 valence electrons. The van der Waals surface area contributed by atoms with Crippen molar-refractivity contribution in [1.29, 1.82) is 0 Å². The van der Waals surface area contributed by atoms with Crippen molar-refractivity contribution in [2.24, 2.45) is 0 Å². The van der Waals surface area contributed by atoms with Crippen LogP contribution < -0.4 is 0 Å². The van der Waals surface area contributed by atoms with Gasteiger partial charge in [0.1, 0.15) is 0 Å². The van der Waals surface area contributed by atoms with Crippen LogP contribution in [0.25, 0.3) is 0 Å². The van der Waals surface area contributed by atoms with Gasteiger partial charge < -0.3 is 9.47 Å². The summed E-state index contributed by atoms with van der Waals surface area (Å²) >= 11 is 0. The molecule has 0 aromatic carbocycles. The van der Waals surface area contributed by atoms with Gasteiger partial charge in [-0.1, -0.05) is 0 Å². The zero-order chi connectivity index (χ0) is 18.9. The predicted octanol–water partition coefficient (Wildman–Crippen LogP) is 4.17. The fraction of sp³-hybridized carbons (Fsp3) is 0.875. The van der Waals surface area contributed by atoms with E-state index in [1.54, 1.807) is 0 Å². The minimum atomic E-state index is -6.20. The average Bonchev–Trinajstić information content (AvgIpc) is 2.28. The molecule has 0 fully saturated rings. The molecule has 0 aromatic rings. The predicted molar refractivity (Wildman–Crippen MR) is 44.2 cm³/mol. The van der Waals surface area contributed by atoms with Crippen molar-refractivity contribution in [3.8, 4) is 0 Å². The Kier molecular flexibility index (Phi) is 6.06. The minimum absolute atomic E-state index is 2.69. The normalized spacial score (nSPS) is 15.5. The molecule has 15 heteroatoms. The van der Waals surface area contributed by atoms with Gasteiger partial charge in [-0.25, -0.2) is 9.18 Å². The van der Waals surface area contributed by atoms with Crippen LogP contribution in [0.2, 0.25) is 0 Å². The first-order valence-corrected chi connectivity index (χ1v) is 4.94. The van der Waals surface area contributed by atoms with Gasteiger partial charge in [0.05, 0.1) is 0 Å². The molecule has 3 nitrogen and oxygen atoms in total. The van der Waals surface area contributed by atoms with Gasteiger partial charge in [-0.3, -0.25) is 0 Å². The molecular formula is C8H4F12O3. The third-order valence-electron chi connectivity index (χ3n) is 1.85. The summed E-state index contributed by atoms with van der Waals surface area (Å²) in [5.41, 5.74) is 0. The summed E-state index contributed by atoms with van der Waals surface area (Å²) in [6.07, 6.45) is -31.2. The Bertz CT molecular complexity index is 394. The van der Waals surface area contributed by atoms with Crippen LogP contribution in [0.15, 0.2) is 0 Å². The fourth-order valence-electron chi connectivity index (χ4n) is 0.917. The first kappa shape index (κ1) is 21.4. The van der Waals surface area contributed by atoms with Crippen molar-refractivity contribution in [3.05, 3.63) is 0 Å². The van der Waals surface area contributed by atoms with E-state index in [9.17, 15) is 57.5 Å². The fourth-order valence-corrected chi connectivity index (χ4v) is 0.917. The summed E-state index contributed by atoms with van der Waals surface area (Å²) in [6.45, 7) is -2.80. The van der Waals surface area contributed by atoms with Gasteiger partial charge in [-0.05, 0) is 0 Å². The van der Waals surface area contributed by atoms with Crippen molar-refractivity contribution < 1.29 is 67.0 Å². The molecule has 0 saturated heterocycles. The quantitative estimate of drug-likeness (QED) is 0.546. The molecule has 1 atom stereocenters. The van der Waals surface area contributed by atoms with Crippen molar-refractivity contribution in [1.82, 2.24) is 0 Å². The molecule has 0 radical (unpaired) electrons. The topological polar surface area (TPSA) is 35.5 Å². The van der Waals surface area contributed by atoms with Gasteiger partial charge in [0.2, 0.25) is 0 Å².